The first-order valence-electron chi connectivity index (χ1n) is 5.25. The van der Waals surface area contributed by atoms with Gasteiger partial charge in [-0.3, -0.25) is 0 Å². The van der Waals surface area contributed by atoms with Gasteiger partial charge in [0.05, 0.1) is 0 Å². The summed E-state index contributed by atoms with van der Waals surface area (Å²) in [5.74, 6) is 0. The molecule has 0 aromatic rings. The van der Waals surface area contributed by atoms with Gasteiger partial charge in [-0.05, 0) is 25.7 Å². The summed E-state index contributed by atoms with van der Waals surface area (Å²) in [6, 6.07) is 0.525. The van der Waals surface area contributed by atoms with E-state index >= 15 is 0 Å². The van der Waals surface area contributed by atoms with Gasteiger partial charge < -0.3 is 5.73 Å². The molecule has 2 heteroatoms. The topological polar surface area (TPSA) is 26.0 Å². The zero-order valence-corrected chi connectivity index (χ0v) is 9.07. The fourth-order valence-corrected chi connectivity index (χ4v) is 3.97. The average Bonchev–Trinajstić information content (AvgIpc) is 2.07. The Hall–Kier alpha value is 0.310. The van der Waals surface area contributed by atoms with E-state index in [1.807, 2.05) is 13.8 Å². The van der Waals surface area contributed by atoms with Crippen molar-refractivity contribution in [2.45, 2.75) is 62.5 Å². The molecule has 2 rings (SSSR count). The maximum Gasteiger partial charge on any atom is 0.00645 e. The second kappa shape index (κ2) is 5.13. The van der Waals surface area contributed by atoms with E-state index in [0.29, 0.717) is 6.04 Å². The van der Waals surface area contributed by atoms with E-state index in [9.17, 15) is 0 Å². The number of hydrogen-bond donors (Lipinski definition) is 1. The summed E-state index contributed by atoms with van der Waals surface area (Å²) in [4.78, 5) is 0. The van der Waals surface area contributed by atoms with Crippen LogP contribution in [0.4, 0.5) is 0 Å². The highest BCUT2D eigenvalue weighted by Gasteiger charge is 2.30. The molecule has 2 bridgehead atoms. The van der Waals surface area contributed by atoms with Gasteiger partial charge in [-0.15, -0.1) is 0 Å². The monoisotopic (exact) mass is 187 g/mol. The van der Waals surface area contributed by atoms with Crippen LogP contribution in [-0.2, 0) is 0 Å². The van der Waals surface area contributed by atoms with Crippen LogP contribution in [0.15, 0.2) is 0 Å². The van der Waals surface area contributed by atoms with Crippen molar-refractivity contribution in [2.75, 3.05) is 0 Å². The highest BCUT2D eigenvalue weighted by Crippen LogP contribution is 2.40. The van der Waals surface area contributed by atoms with Gasteiger partial charge in [-0.1, -0.05) is 20.3 Å². The van der Waals surface area contributed by atoms with Crippen molar-refractivity contribution in [3.63, 3.8) is 0 Å². The Morgan fingerprint density at radius 1 is 1.08 bits per heavy atom. The molecule has 0 aliphatic carbocycles. The van der Waals surface area contributed by atoms with Crippen LogP contribution in [0.1, 0.15) is 46.0 Å². The Balaban J connectivity index is 0.000000336. The highest BCUT2D eigenvalue weighted by atomic mass is 32.2. The normalized spacial score (nSPS) is 39.8. The van der Waals surface area contributed by atoms with Gasteiger partial charge in [-0.2, -0.15) is 11.8 Å². The summed E-state index contributed by atoms with van der Waals surface area (Å²) in [6.07, 6.45) is 6.86. The summed E-state index contributed by atoms with van der Waals surface area (Å²) >= 11 is 2.20. The van der Waals surface area contributed by atoms with Crippen molar-refractivity contribution >= 4 is 11.8 Å². The number of nitrogens with two attached hydrogens (primary N) is 1. The molecule has 2 fully saturated rings. The lowest BCUT2D eigenvalue weighted by molar-refractivity contribution is 0.442. The van der Waals surface area contributed by atoms with Crippen LogP contribution >= 0.6 is 11.8 Å². The molecule has 2 saturated heterocycles. The van der Waals surface area contributed by atoms with Crippen LogP contribution in [0.3, 0.4) is 0 Å². The van der Waals surface area contributed by atoms with E-state index in [1.165, 1.54) is 32.1 Å². The average molecular weight is 187 g/mol. The smallest absolute Gasteiger partial charge is 0.00645 e. The van der Waals surface area contributed by atoms with Crippen molar-refractivity contribution in [1.82, 2.24) is 0 Å². The molecule has 2 unspecified atom stereocenters. The van der Waals surface area contributed by atoms with Gasteiger partial charge in [-0.25, -0.2) is 0 Å². The molecule has 0 radical (unpaired) electrons. The van der Waals surface area contributed by atoms with Gasteiger partial charge in [0.1, 0.15) is 0 Å². The molecule has 0 spiro atoms. The van der Waals surface area contributed by atoms with Crippen molar-refractivity contribution in [3.8, 4) is 0 Å². The standard InChI is InChI=1S/C8H15NS.C2H6/c9-6-4-7-2-1-3-8(5-6)10-7;1-2/h6-8H,1-5,9H2;1-2H3. The maximum absolute atomic E-state index is 5.91. The molecule has 72 valence electrons. The lowest BCUT2D eigenvalue weighted by atomic mass is 9.95. The maximum atomic E-state index is 5.91. The number of fused-ring (bicyclic) bond motifs is 2. The summed E-state index contributed by atoms with van der Waals surface area (Å²) in [5, 5.41) is 1.84. The zero-order valence-electron chi connectivity index (χ0n) is 8.25. The predicted octanol–water partition coefficient (Wildman–Crippen LogP) is 2.79. The predicted molar refractivity (Wildman–Crippen MR) is 57.6 cm³/mol. The Morgan fingerprint density at radius 2 is 1.58 bits per heavy atom. The van der Waals surface area contributed by atoms with Crippen molar-refractivity contribution in [2.24, 2.45) is 5.73 Å². The minimum absolute atomic E-state index is 0.525. The summed E-state index contributed by atoms with van der Waals surface area (Å²) in [7, 11) is 0. The van der Waals surface area contributed by atoms with Crippen LogP contribution < -0.4 is 5.73 Å². The number of rotatable bonds is 0. The molecule has 2 aliphatic rings. The third kappa shape index (κ3) is 2.67. The Kier molecular flexibility index (Phi) is 4.44. The molecule has 0 aromatic carbocycles. The fourth-order valence-electron chi connectivity index (χ4n) is 2.10. The number of thioether (sulfide) groups is 1. The largest absolute Gasteiger partial charge is 0.328 e. The van der Waals surface area contributed by atoms with Crippen molar-refractivity contribution in [1.29, 1.82) is 0 Å². The number of hydrogen-bond acceptors (Lipinski definition) is 2. The SMILES string of the molecule is CC.NC1CC2CCCC(C1)S2. The summed E-state index contributed by atoms with van der Waals surface area (Å²) in [5.41, 5.74) is 5.91. The molecule has 0 saturated carbocycles. The van der Waals surface area contributed by atoms with E-state index in [-0.39, 0.29) is 0 Å². The lowest BCUT2D eigenvalue weighted by Crippen LogP contribution is -2.36. The van der Waals surface area contributed by atoms with E-state index < -0.39 is 0 Å². The van der Waals surface area contributed by atoms with E-state index in [2.05, 4.69) is 11.8 Å². The quantitative estimate of drug-likeness (QED) is 0.631. The minimum atomic E-state index is 0.525. The Bertz CT molecular complexity index is 111. The second-order valence-corrected chi connectivity index (χ2v) is 5.15. The lowest BCUT2D eigenvalue weighted by Gasteiger charge is -2.36. The first kappa shape index (κ1) is 10.4. The van der Waals surface area contributed by atoms with Crippen molar-refractivity contribution in [3.05, 3.63) is 0 Å². The second-order valence-electron chi connectivity index (χ2n) is 3.54. The Morgan fingerprint density at radius 3 is 2.08 bits per heavy atom. The molecule has 2 N–H and O–H groups in total. The fraction of sp³-hybridized carbons (Fsp3) is 1.00. The molecule has 12 heavy (non-hydrogen) atoms. The zero-order chi connectivity index (χ0) is 8.97. The Labute approximate surface area is 80.5 Å². The van der Waals surface area contributed by atoms with E-state index in [4.69, 9.17) is 5.73 Å². The van der Waals surface area contributed by atoms with Gasteiger partial charge >= 0.3 is 0 Å². The molecule has 2 atom stereocenters. The molecule has 2 aliphatic heterocycles. The highest BCUT2D eigenvalue weighted by molar-refractivity contribution is 8.00. The van der Waals surface area contributed by atoms with Crippen LogP contribution in [-0.4, -0.2) is 16.5 Å². The molecular formula is C10H21NS. The van der Waals surface area contributed by atoms with Crippen LogP contribution in [0.25, 0.3) is 0 Å². The van der Waals surface area contributed by atoms with Gasteiger partial charge in [0.15, 0.2) is 0 Å². The van der Waals surface area contributed by atoms with Gasteiger partial charge in [0.25, 0.3) is 0 Å². The molecule has 2 heterocycles. The third-order valence-electron chi connectivity index (χ3n) is 2.57. The van der Waals surface area contributed by atoms with E-state index in [1.54, 1.807) is 0 Å². The molecule has 0 aromatic heterocycles. The van der Waals surface area contributed by atoms with Crippen molar-refractivity contribution < 1.29 is 0 Å². The summed E-state index contributed by atoms with van der Waals surface area (Å²) < 4.78 is 0. The minimum Gasteiger partial charge on any atom is -0.328 e. The first-order valence-corrected chi connectivity index (χ1v) is 6.20. The van der Waals surface area contributed by atoms with Gasteiger partial charge in [0, 0.05) is 16.5 Å². The van der Waals surface area contributed by atoms with Gasteiger partial charge in [0.2, 0.25) is 0 Å². The third-order valence-corrected chi connectivity index (χ3v) is 4.19. The van der Waals surface area contributed by atoms with E-state index in [0.717, 1.165) is 10.5 Å². The van der Waals surface area contributed by atoms with Crippen LogP contribution in [0.5, 0.6) is 0 Å². The molecular weight excluding hydrogens is 166 g/mol. The molecule has 0 amide bonds. The summed E-state index contributed by atoms with van der Waals surface area (Å²) in [6.45, 7) is 4.00. The first-order chi connectivity index (χ1) is 5.84. The molecule has 1 nitrogen and oxygen atoms in total. The van der Waals surface area contributed by atoms with Crippen LogP contribution in [0, 0.1) is 0 Å². The van der Waals surface area contributed by atoms with Crippen LogP contribution in [0.2, 0.25) is 0 Å².